The number of carbonyl (C=O) groups is 1. The van der Waals surface area contributed by atoms with E-state index < -0.39 is 14.6 Å². The van der Waals surface area contributed by atoms with Gasteiger partial charge in [0.15, 0.2) is 9.84 Å². The molecule has 0 N–H and O–H groups in total. The first-order chi connectivity index (χ1) is 13.8. The molecule has 0 spiro atoms. The van der Waals surface area contributed by atoms with E-state index in [1.807, 2.05) is 6.07 Å². The fourth-order valence-electron chi connectivity index (χ4n) is 4.03. The molecule has 2 aliphatic heterocycles. The SMILES string of the molecule is CC1(C)C(=O)N(CCCCN2CCN(c3nsc4ccccc34)CC2)CS1(=O)=O. The molecule has 7 nitrogen and oxygen atoms in total. The van der Waals surface area contributed by atoms with E-state index in [2.05, 4.69) is 32.4 Å². The van der Waals surface area contributed by atoms with Gasteiger partial charge in [-0.3, -0.25) is 9.69 Å². The number of benzene rings is 1. The molecule has 3 heterocycles. The Labute approximate surface area is 176 Å². The molecular formula is C20H28N4O3S2. The highest BCUT2D eigenvalue weighted by molar-refractivity contribution is 7.94. The van der Waals surface area contributed by atoms with Crippen molar-refractivity contribution in [3.63, 3.8) is 0 Å². The molecular weight excluding hydrogens is 408 g/mol. The Hall–Kier alpha value is -1.71. The molecule has 0 radical (unpaired) electrons. The van der Waals surface area contributed by atoms with Crippen LogP contribution in [0.2, 0.25) is 0 Å². The minimum Gasteiger partial charge on any atom is -0.353 e. The summed E-state index contributed by atoms with van der Waals surface area (Å²) in [4.78, 5) is 18.6. The van der Waals surface area contributed by atoms with E-state index in [0.29, 0.717) is 6.54 Å². The van der Waals surface area contributed by atoms with Gasteiger partial charge in [0.05, 0.1) is 4.70 Å². The number of amides is 1. The number of anilines is 1. The molecule has 0 atom stereocenters. The summed E-state index contributed by atoms with van der Waals surface area (Å²) in [6, 6.07) is 8.37. The standard InChI is InChI=1S/C20H28N4O3S2/c1-20(2)19(25)24(15-29(20,26)27)10-6-5-9-22-11-13-23(14-12-22)18-16-7-3-4-8-17(16)28-21-18/h3-4,7-8H,5-6,9-15H2,1-2H3. The second-order valence-electron chi connectivity index (χ2n) is 8.36. The second kappa shape index (κ2) is 7.85. The molecule has 1 aromatic heterocycles. The Kier molecular flexibility index (Phi) is 5.56. The summed E-state index contributed by atoms with van der Waals surface area (Å²) >= 11 is 1.56. The topological polar surface area (TPSA) is 73.8 Å². The van der Waals surface area contributed by atoms with Crippen LogP contribution in [0.5, 0.6) is 0 Å². The minimum absolute atomic E-state index is 0.140. The Balaban J connectivity index is 1.22. The molecule has 0 bridgehead atoms. The molecule has 2 saturated heterocycles. The third-order valence-electron chi connectivity index (χ3n) is 6.09. The van der Waals surface area contributed by atoms with Crippen LogP contribution in [0.4, 0.5) is 5.82 Å². The first-order valence-corrected chi connectivity index (χ1v) is 12.6. The number of nitrogens with zero attached hydrogens (tertiary/aromatic N) is 4. The first-order valence-electron chi connectivity index (χ1n) is 10.1. The van der Waals surface area contributed by atoms with Gasteiger partial charge in [-0.15, -0.1) is 0 Å². The maximum atomic E-state index is 12.3. The van der Waals surface area contributed by atoms with Gasteiger partial charge in [0, 0.05) is 38.1 Å². The van der Waals surface area contributed by atoms with Gasteiger partial charge in [-0.1, -0.05) is 12.1 Å². The minimum atomic E-state index is -3.37. The average molecular weight is 437 g/mol. The van der Waals surface area contributed by atoms with Crippen LogP contribution in [0.25, 0.3) is 10.1 Å². The van der Waals surface area contributed by atoms with Crippen LogP contribution in [-0.2, 0) is 14.6 Å². The van der Waals surface area contributed by atoms with E-state index in [9.17, 15) is 13.2 Å². The van der Waals surface area contributed by atoms with Gasteiger partial charge in [-0.05, 0) is 56.9 Å². The number of aromatic nitrogens is 1. The lowest BCUT2D eigenvalue weighted by Crippen LogP contribution is -2.46. The third kappa shape index (κ3) is 3.87. The summed E-state index contributed by atoms with van der Waals surface area (Å²) in [7, 11) is -3.37. The summed E-state index contributed by atoms with van der Waals surface area (Å²) in [5, 5.41) is 1.24. The Morgan fingerprint density at radius 3 is 2.45 bits per heavy atom. The molecule has 0 saturated carbocycles. The summed E-state index contributed by atoms with van der Waals surface area (Å²) < 4.78 is 28.8. The van der Waals surface area contributed by atoms with Gasteiger partial charge in [0.1, 0.15) is 16.4 Å². The number of sulfone groups is 1. The third-order valence-corrected chi connectivity index (χ3v) is 9.29. The molecule has 0 aliphatic carbocycles. The highest BCUT2D eigenvalue weighted by Crippen LogP contribution is 2.30. The number of fused-ring (bicyclic) bond motifs is 1. The Bertz CT molecular complexity index is 994. The number of hydrogen-bond donors (Lipinski definition) is 0. The lowest BCUT2D eigenvalue weighted by molar-refractivity contribution is -0.130. The highest BCUT2D eigenvalue weighted by Gasteiger charge is 2.51. The van der Waals surface area contributed by atoms with Crippen LogP contribution in [0.3, 0.4) is 0 Å². The Morgan fingerprint density at radius 1 is 1.07 bits per heavy atom. The maximum absolute atomic E-state index is 12.3. The summed E-state index contributed by atoms with van der Waals surface area (Å²) in [6.07, 6.45) is 1.79. The normalized spacial score (nSPS) is 21.9. The predicted octanol–water partition coefficient (Wildman–Crippen LogP) is 2.19. The van der Waals surface area contributed by atoms with Gasteiger partial charge in [0.2, 0.25) is 5.91 Å². The molecule has 2 aliphatic rings. The summed E-state index contributed by atoms with van der Waals surface area (Å²) in [5.41, 5.74) is 0. The quantitative estimate of drug-likeness (QED) is 0.647. The fourth-order valence-corrected chi connectivity index (χ4v) is 6.20. The van der Waals surface area contributed by atoms with Gasteiger partial charge in [-0.25, -0.2) is 8.42 Å². The van der Waals surface area contributed by atoms with Crippen LogP contribution in [0, 0.1) is 0 Å². The molecule has 1 aromatic carbocycles. The largest absolute Gasteiger partial charge is 0.353 e. The summed E-state index contributed by atoms with van der Waals surface area (Å²) in [6.45, 7) is 8.43. The molecule has 9 heteroatoms. The molecule has 29 heavy (non-hydrogen) atoms. The van der Waals surface area contributed by atoms with Crippen LogP contribution < -0.4 is 4.90 Å². The number of piperazine rings is 1. The van der Waals surface area contributed by atoms with Gasteiger partial charge in [-0.2, -0.15) is 4.37 Å². The van der Waals surface area contributed by atoms with Crippen LogP contribution >= 0.6 is 11.5 Å². The zero-order chi connectivity index (χ0) is 20.6. The zero-order valence-corrected chi connectivity index (χ0v) is 18.6. The van der Waals surface area contributed by atoms with Crippen molar-refractivity contribution in [3.8, 4) is 0 Å². The zero-order valence-electron chi connectivity index (χ0n) is 17.0. The van der Waals surface area contributed by atoms with Crippen molar-refractivity contribution in [2.75, 3.05) is 50.0 Å². The number of rotatable bonds is 6. The highest BCUT2D eigenvalue weighted by atomic mass is 32.2. The van der Waals surface area contributed by atoms with E-state index in [4.69, 9.17) is 0 Å². The molecule has 4 rings (SSSR count). The van der Waals surface area contributed by atoms with Crippen molar-refractivity contribution in [1.29, 1.82) is 0 Å². The maximum Gasteiger partial charge on any atom is 0.244 e. The smallest absolute Gasteiger partial charge is 0.244 e. The molecule has 158 valence electrons. The van der Waals surface area contributed by atoms with Crippen molar-refractivity contribution in [2.45, 2.75) is 31.4 Å². The van der Waals surface area contributed by atoms with Crippen molar-refractivity contribution in [3.05, 3.63) is 24.3 Å². The molecule has 1 amide bonds. The predicted molar refractivity (Wildman–Crippen MR) is 117 cm³/mol. The van der Waals surface area contributed by atoms with E-state index >= 15 is 0 Å². The van der Waals surface area contributed by atoms with Gasteiger partial charge >= 0.3 is 0 Å². The lowest BCUT2D eigenvalue weighted by atomic mass is 10.1. The second-order valence-corrected chi connectivity index (χ2v) is 11.7. The first kappa shape index (κ1) is 20.6. The number of hydrogen-bond acceptors (Lipinski definition) is 7. The van der Waals surface area contributed by atoms with Crippen LogP contribution in [0.1, 0.15) is 26.7 Å². The van der Waals surface area contributed by atoms with Crippen LogP contribution in [0.15, 0.2) is 24.3 Å². The number of carbonyl (C=O) groups excluding carboxylic acids is 1. The van der Waals surface area contributed by atoms with E-state index in [1.165, 1.54) is 28.8 Å². The Morgan fingerprint density at radius 2 is 1.76 bits per heavy atom. The van der Waals surface area contributed by atoms with E-state index in [0.717, 1.165) is 51.4 Å². The van der Waals surface area contributed by atoms with Crippen molar-refractivity contribution < 1.29 is 13.2 Å². The van der Waals surface area contributed by atoms with Crippen molar-refractivity contribution in [1.82, 2.24) is 14.2 Å². The monoisotopic (exact) mass is 436 g/mol. The fraction of sp³-hybridized carbons (Fsp3) is 0.600. The summed E-state index contributed by atoms with van der Waals surface area (Å²) in [5.74, 6) is 0.697. The number of unbranched alkanes of at least 4 members (excludes halogenated alkanes) is 1. The lowest BCUT2D eigenvalue weighted by Gasteiger charge is -2.35. The molecule has 2 aromatic rings. The van der Waals surface area contributed by atoms with Gasteiger partial charge < -0.3 is 9.80 Å². The van der Waals surface area contributed by atoms with Crippen molar-refractivity contribution in [2.24, 2.45) is 0 Å². The average Bonchev–Trinajstić information content (AvgIpc) is 3.19. The molecule has 0 unspecified atom stereocenters. The van der Waals surface area contributed by atoms with E-state index in [-0.39, 0.29) is 11.8 Å². The van der Waals surface area contributed by atoms with E-state index in [1.54, 1.807) is 11.5 Å². The van der Waals surface area contributed by atoms with Crippen molar-refractivity contribution >= 4 is 43.2 Å². The molecule has 2 fully saturated rings. The van der Waals surface area contributed by atoms with Gasteiger partial charge in [0.25, 0.3) is 0 Å². The van der Waals surface area contributed by atoms with Crippen LogP contribution in [-0.4, -0.2) is 78.4 Å².